The quantitative estimate of drug-likeness (QED) is 0.420. The highest BCUT2D eigenvalue weighted by Crippen LogP contribution is 2.55. The SMILES string of the molecule is CC=CCSP(=O)(NC=S)OCC. The number of hydrogen-bond acceptors (Lipinski definition) is 4. The van der Waals surface area contributed by atoms with E-state index in [2.05, 4.69) is 17.3 Å². The Labute approximate surface area is 88.6 Å². The molecule has 0 aliphatic heterocycles. The molecule has 0 spiro atoms. The minimum atomic E-state index is -2.79. The molecule has 0 aromatic rings. The third kappa shape index (κ3) is 6.27. The Balaban J connectivity index is 4.06. The Bertz CT molecular complexity index is 221. The van der Waals surface area contributed by atoms with Gasteiger partial charge in [-0.25, -0.2) is 0 Å². The lowest BCUT2D eigenvalue weighted by atomic mass is 10.6. The summed E-state index contributed by atoms with van der Waals surface area (Å²) < 4.78 is 16.9. The van der Waals surface area contributed by atoms with Gasteiger partial charge < -0.3 is 9.61 Å². The molecule has 6 heteroatoms. The zero-order valence-electron chi connectivity index (χ0n) is 7.73. The number of thiocarbonyl (C=S) groups is 1. The van der Waals surface area contributed by atoms with Crippen LogP contribution in [0.2, 0.25) is 0 Å². The summed E-state index contributed by atoms with van der Waals surface area (Å²) in [5.74, 6) is 0.657. The summed E-state index contributed by atoms with van der Waals surface area (Å²) in [5, 5.41) is 2.57. The lowest BCUT2D eigenvalue weighted by Crippen LogP contribution is -2.06. The van der Waals surface area contributed by atoms with Crippen molar-refractivity contribution in [3.63, 3.8) is 0 Å². The van der Waals surface area contributed by atoms with E-state index in [9.17, 15) is 4.57 Å². The number of allylic oxidation sites excluding steroid dienone is 1. The largest absolute Gasteiger partial charge is 0.351 e. The van der Waals surface area contributed by atoms with Gasteiger partial charge in [0.15, 0.2) is 0 Å². The lowest BCUT2D eigenvalue weighted by molar-refractivity contribution is 0.343. The van der Waals surface area contributed by atoms with E-state index in [1.165, 1.54) is 16.9 Å². The number of rotatable bonds is 7. The van der Waals surface area contributed by atoms with E-state index in [0.717, 1.165) is 0 Å². The van der Waals surface area contributed by atoms with Crippen molar-refractivity contribution in [2.75, 3.05) is 12.4 Å². The second kappa shape index (κ2) is 7.56. The van der Waals surface area contributed by atoms with Crippen LogP contribution in [0, 0.1) is 0 Å². The van der Waals surface area contributed by atoms with Gasteiger partial charge in [-0.3, -0.25) is 4.57 Å². The van der Waals surface area contributed by atoms with Crippen molar-refractivity contribution in [3.8, 4) is 0 Å². The van der Waals surface area contributed by atoms with Crippen LogP contribution < -0.4 is 5.09 Å². The first-order chi connectivity index (χ1) is 6.18. The average molecular weight is 239 g/mol. The highest BCUT2D eigenvalue weighted by atomic mass is 32.7. The van der Waals surface area contributed by atoms with Gasteiger partial charge in [0.25, 0.3) is 0 Å². The average Bonchev–Trinajstić information content (AvgIpc) is 2.05. The molecule has 0 heterocycles. The molecular weight excluding hydrogens is 225 g/mol. The maximum atomic E-state index is 11.8. The third-order valence-corrected chi connectivity index (χ3v) is 5.20. The van der Waals surface area contributed by atoms with Crippen molar-refractivity contribution in [3.05, 3.63) is 12.2 Å². The molecule has 0 saturated heterocycles. The monoisotopic (exact) mass is 239 g/mol. The Morgan fingerprint density at radius 1 is 1.69 bits per heavy atom. The van der Waals surface area contributed by atoms with Crippen LogP contribution in [-0.4, -0.2) is 17.9 Å². The Morgan fingerprint density at radius 2 is 2.38 bits per heavy atom. The zero-order valence-corrected chi connectivity index (χ0v) is 10.3. The van der Waals surface area contributed by atoms with Crippen LogP contribution in [-0.2, 0) is 9.09 Å². The molecule has 0 aromatic heterocycles. The van der Waals surface area contributed by atoms with Gasteiger partial charge in [0.2, 0.25) is 0 Å². The molecule has 0 radical (unpaired) electrons. The van der Waals surface area contributed by atoms with E-state index in [4.69, 9.17) is 4.52 Å². The molecule has 0 fully saturated rings. The Hall–Kier alpha value is 0.170. The molecule has 1 N–H and O–H groups in total. The molecule has 1 unspecified atom stereocenters. The smallest absolute Gasteiger partial charge is 0.306 e. The normalized spacial score (nSPS) is 15.5. The predicted molar refractivity (Wildman–Crippen MR) is 63.3 cm³/mol. The van der Waals surface area contributed by atoms with Crippen LogP contribution in [0.4, 0.5) is 0 Å². The minimum absolute atomic E-state index is 0.413. The van der Waals surface area contributed by atoms with Crippen LogP contribution in [0.1, 0.15) is 13.8 Å². The van der Waals surface area contributed by atoms with E-state index in [1.54, 1.807) is 6.92 Å². The molecule has 0 aliphatic rings. The molecule has 1 atom stereocenters. The first-order valence-corrected chi connectivity index (χ1v) is 7.59. The van der Waals surface area contributed by atoms with Crippen molar-refractivity contribution in [1.82, 2.24) is 5.09 Å². The summed E-state index contributed by atoms with van der Waals surface area (Å²) in [5.41, 5.74) is 1.24. The van der Waals surface area contributed by atoms with Crippen molar-refractivity contribution in [1.29, 1.82) is 0 Å². The fraction of sp³-hybridized carbons (Fsp3) is 0.571. The van der Waals surface area contributed by atoms with E-state index >= 15 is 0 Å². The summed E-state index contributed by atoms with van der Waals surface area (Å²) in [6.45, 7) is 1.33. The Kier molecular flexibility index (Phi) is 7.66. The molecule has 0 amide bonds. The predicted octanol–water partition coefficient (Wildman–Crippen LogP) is 2.99. The molecule has 76 valence electrons. The molecule has 0 saturated carbocycles. The van der Waals surface area contributed by atoms with Gasteiger partial charge in [-0.05, 0) is 25.2 Å². The Morgan fingerprint density at radius 3 is 2.85 bits per heavy atom. The first-order valence-electron chi connectivity index (χ1n) is 3.90. The molecular formula is C7H14NO2PS2. The van der Waals surface area contributed by atoms with Crippen LogP contribution in [0.15, 0.2) is 12.2 Å². The second-order valence-corrected chi connectivity index (χ2v) is 6.58. The fourth-order valence-electron chi connectivity index (χ4n) is 0.584. The molecule has 13 heavy (non-hydrogen) atoms. The summed E-state index contributed by atoms with van der Waals surface area (Å²) in [4.78, 5) is 0. The topological polar surface area (TPSA) is 38.3 Å². The van der Waals surface area contributed by atoms with Gasteiger partial charge in [0, 0.05) is 5.75 Å². The van der Waals surface area contributed by atoms with Gasteiger partial charge in [-0.1, -0.05) is 24.4 Å². The van der Waals surface area contributed by atoms with E-state index in [0.29, 0.717) is 12.4 Å². The van der Waals surface area contributed by atoms with Gasteiger partial charge in [-0.15, -0.1) is 0 Å². The molecule has 0 aliphatic carbocycles. The van der Waals surface area contributed by atoms with E-state index < -0.39 is 6.72 Å². The maximum absolute atomic E-state index is 11.8. The van der Waals surface area contributed by atoms with Crippen LogP contribution in [0.25, 0.3) is 0 Å². The summed E-state index contributed by atoms with van der Waals surface area (Å²) in [6.07, 6.45) is 3.82. The van der Waals surface area contributed by atoms with Gasteiger partial charge in [0.05, 0.1) is 12.1 Å². The standard InChI is InChI=1S/C7H14NO2PS2/c1-3-5-6-13-11(9,8-7-12)10-4-2/h3,5,7H,4,6H2,1-2H3,(H,8,9,12). The summed E-state index contributed by atoms with van der Waals surface area (Å²) >= 11 is 5.81. The fourth-order valence-corrected chi connectivity index (χ4v) is 4.14. The van der Waals surface area contributed by atoms with E-state index in [-0.39, 0.29) is 0 Å². The number of nitrogens with one attached hydrogen (secondary N) is 1. The highest BCUT2D eigenvalue weighted by Gasteiger charge is 2.20. The van der Waals surface area contributed by atoms with Crippen molar-refractivity contribution in [2.24, 2.45) is 0 Å². The van der Waals surface area contributed by atoms with E-state index in [1.807, 2.05) is 19.1 Å². The van der Waals surface area contributed by atoms with Gasteiger partial charge >= 0.3 is 6.72 Å². The second-order valence-electron chi connectivity index (χ2n) is 2.03. The maximum Gasteiger partial charge on any atom is 0.351 e. The molecule has 0 bridgehead atoms. The minimum Gasteiger partial charge on any atom is -0.306 e. The zero-order chi connectivity index (χ0) is 10.2. The third-order valence-electron chi connectivity index (χ3n) is 1.09. The molecule has 3 nitrogen and oxygen atoms in total. The van der Waals surface area contributed by atoms with Crippen molar-refractivity contribution >= 4 is 35.8 Å². The molecule has 0 rings (SSSR count). The van der Waals surface area contributed by atoms with Crippen LogP contribution >= 0.6 is 30.3 Å². The lowest BCUT2D eigenvalue weighted by Gasteiger charge is -2.14. The van der Waals surface area contributed by atoms with Crippen molar-refractivity contribution < 1.29 is 9.09 Å². The first kappa shape index (κ1) is 13.2. The summed E-state index contributed by atoms with van der Waals surface area (Å²) in [6, 6.07) is 0. The molecule has 0 aromatic carbocycles. The van der Waals surface area contributed by atoms with Gasteiger partial charge in [0.1, 0.15) is 0 Å². The van der Waals surface area contributed by atoms with Crippen LogP contribution in [0.3, 0.4) is 0 Å². The van der Waals surface area contributed by atoms with Crippen LogP contribution in [0.5, 0.6) is 0 Å². The number of hydrogen-bond donors (Lipinski definition) is 1. The van der Waals surface area contributed by atoms with Gasteiger partial charge in [-0.2, -0.15) is 0 Å². The van der Waals surface area contributed by atoms with Crippen molar-refractivity contribution in [2.45, 2.75) is 13.8 Å². The highest BCUT2D eigenvalue weighted by molar-refractivity contribution is 8.56. The summed E-state index contributed by atoms with van der Waals surface area (Å²) in [7, 11) is 0.